The maximum atomic E-state index is 11.4. The minimum Gasteiger partial charge on any atom is -0.389 e. The standard InChI is InChI=1S/C9H14O2/c1-8(2,11)9-5-6(9)3-4-7(9)10/h6,11H,3-5H2,1-2H3. The average molecular weight is 154 g/mol. The summed E-state index contributed by atoms with van der Waals surface area (Å²) in [7, 11) is 0. The number of rotatable bonds is 1. The molecule has 2 saturated carbocycles. The predicted octanol–water partition coefficient (Wildman–Crippen LogP) is 1.13. The lowest BCUT2D eigenvalue weighted by atomic mass is 9.84. The quantitative estimate of drug-likeness (QED) is 0.614. The molecule has 2 atom stereocenters. The summed E-state index contributed by atoms with van der Waals surface area (Å²) in [5.41, 5.74) is -1.11. The molecule has 0 amide bonds. The Morgan fingerprint density at radius 2 is 2.27 bits per heavy atom. The molecule has 0 aromatic heterocycles. The number of hydrogen-bond donors (Lipinski definition) is 1. The lowest BCUT2D eigenvalue weighted by molar-refractivity contribution is -0.131. The van der Waals surface area contributed by atoms with Crippen LogP contribution < -0.4 is 0 Å². The summed E-state index contributed by atoms with van der Waals surface area (Å²) in [5.74, 6) is 0.782. The molecule has 2 aliphatic carbocycles. The highest BCUT2D eigenvalue weighted by molar-refractivity contribution is 5.92. The van der Waals surface area contributed by atoms with Gasteiger partial charge in [0.05, 0.1) is 11.0 Å². The van der Waals surface area contributed by atoms with Gasteiger partial charge >= 0.3 is 0 Å². The molecule has 62 valence electrons. The number of aliphatic hydroxyl groups is 1. The molecule has 2 nitrogen and oxygen atoms in total. The molecule has 0 heterocycles. The van der Waals surface area contributed by atoms with Crippen molar-refractivity contribution in [2.24, 2.45) is 11.3 Å². The third-order valence-corrected chi connectivity index (χ3v) is 3.41. The fourth-order valence-corrected chi connectivity index (χ4v) is 2.64. The van der Waals surface area contributed by atoms with Crippen LogP contribution in [0.25, 0.3) is 0 Å². The highest BCUT2D eigenvalue weighted by atomic mass is 16.3. The Kier molecular flexibility index (Phi) is 1.12. The molecular formula is C9H14O2. The zero-order valence-electron chi connectivity index (χ0n) is 7.05. The van der Waals surface area contributed by atoms with E-state index < -0.39 is 5.60 Å². The van der Waals surface area contributed by atoms with E-state index in [0.29, 0.717) is 12.3 Å². The SMILES string of the molecule is CC(C)(O)C12CC1CCC2=O. The van der Waals surface area contributed by atoms with Crippen molar-refractivity contribution in [3.63, 3.8) is 0 Å². The molecule has 0 aromatic rings. The van der Waals surface area contributed by atoms with Gasteiger partial charge in [-0.15, -0.1) is 0 Å². The van der Waals surface area contributed by atoms with Crippen LogP contribution >= 0.6 is 0 Å². The number of ketones is 1. The Balaban J connectivity index is 2.32. The molecule has 1 N–H and O–H groups in total. The van der Waals surface area contributed by atoms with Crippen LogP contribution in [-0.4, -0.2) is 16.5 Å². The number of fused-ring (bicyclic) bond motifs is 1. The topological polar surface area (TPSA) is 37.3 Å². The van der Waals surface area contributed by atoms with Crippen molar-refractivity contribution >= 4 is 5.78 Å². The van der Waals surface area contributed by atoms with Crippen LogP contribution in [0.2, 0.25) is 0 Å². The van der Waals surface area contributed by atoms with E-state index in [1.54, 1.807) is 13.8 Å². The Hall–Kier alpha value is -0.370. The summed E-state index contributed by atoms with van der Waals surface area (Å²) < 4.78 is 0. The number of carbonyl (C=O) groups is 1. The Morgan fingerprint density at radius 3 is 2.45 bits per heavy atom. The summed E-state index contributed by atoms with van der Waals surface area (Å²) in [6.07, 6.45) is 2.62. The fourth-order valence-electron chi connectivity index (χ4n) is 2.64. The van der Waals surface area contributed by atoms with Crippen molar-refractivity contribution in [3.8, 4) is 0 Å². The second-order valence-corrected chi connectivity index (χ2v) is 4.39. The van der Waals surface area contributed by atoms with Crippen molar-refractivity contribution in [1.82, 2.24) is 0 Å². The Bertz CT molecular complexity index is 214. The molecule has 11 heavy (non-hydrogen) atoms. The molecule has 2 fully saturated rings. The second-order valence-electron chi connectivity index (χ2n) is 4.39. The van der Waals surface area contributed by atoms with E-state index in [2.05, 4.69) is 0 Å². The number of Topliss-reactive ketones (excluding diaryl/α,β-unsaturated/α-hetero) is 1. The van der Waals surface area contributed by atoms with Gasteiger partial charge in [0.15, 0.2) is 0 Å². The van der Waals surface area contributed by atoms with Crippen molar-refractivity contribution in [2.45, 2.75) is 38.7 Å². The van der Waals surface area contributed by atoms with Crippen molar-refractivity contribution in [2.75, 3.05) is 0 Å². The van der Waals surface area contributed by atoms with Gasteiger partial charge in [-0.3, -0.25) is 4.79 Å². The van der Waals surface area contributed by atoms with Gasteiger partial charge in [-0.25, -0.2) is 0 Å². The number of hydrogen-bond acceptors (Lipinski definition) is 2. The molecule has 2 unspecified atom stereocenters. The van der Waals surface area contributed by atoms with E-state index in [4.69, 9.17) is 0 Å². The van der Waals surface area contributed by atoms with E-state index in [9.17, 15) is 9.90 Å². The summed E-state index contributed by atoms with van der Waals surface area (Å²) in [4.78, 5) is 11.4. The smallest absolute Gasteiger partial charge is 0.142 e. The molecule has 2 rings (SSSR count). The average Bonchev–Trinajstić information content (AvgIpc) is 2.50. The molecule has 0 aromatic carbocycles. The second kappa shape index (κ2) is 1.69. The molecule has 0 aliphatic heterocycles. The van der Waals surface area contributed by atoms with Gasteiger partial charge in [0.2, 0.25) is 0 Å². The Labute approximate surface area is 66.6 Å². The first kappa shape index (κ1) is 7.29. The van der Waals surface area contributed by atoms with Gasteiger partial charge in [0.25, 0.3) is 0 Å². The van der Waals surface area contributed by atoms with E-state index >= 15 is 0 Å². The fraction of sp³-hybridized carbons (Fsp3) is 0.889. The highest BCUT2D eigenvalue weighted by Gasteiger charge is 2.69. The van der Waals surface area contributed by atoms with Crippen molar-refractivity contribution in [3.05, 3.63) is 0 Å². The summed E-state index contributed by atoms with van der Waals surface area (Å²) in [5, 5.41) is 9.77. The van der Waals surface area contributed by atoms with Crippen LogP contribution in [-0.2, 0) is 4.79 Å². The third kappa shape index (κ3) is 0.684. The van der Waals surface area contributed by atoms with E-state index in [1.807, 2.05) is 0 Å². The molecule has 0 spiro atoms. The maximum absolute atomic E-state index is 11.4. The van der Waals surface area contributed by atoms with E-state index in [1.165, 1.54) is 0 Å². The third-order valence-electron chi connectivity index (χ3n) is 3.41. The molecule has 2 heteroatoms. The molecular weight excluding hydrogens is 140 g/mol. The van der Waals surface area contributed by atoms with Gasteiger partial charge in [0, 0.05) is 6.42 Å². The van der Waals surface area contributed by atoms with Crippen LogP contribution in [0.3, 0.4) is 0 Å². The van der Waals surface area contributed by atoms with Gasteiger partial charge < -0.3 is 5.11 Å². The zero-order chi connectivity index (χ0) is 8.28. The van der Waals surface area contributed by atoms with E-state index in [0.717, 1.165) is 12.8 Å². The van der Waals surface area contributed by atoms with Gasteiger partial charge in [-0.1, -0.05) is 0 Å². The van der Waals surface area contributed by atoms with Gasteiger partial charge in [-0.2, -0.15) is 0 Å². The highest BCUT2D eigenvalue weighted by Crippen LogP contribution is 2.66. The molecule has 0 saturated heterocycles. The molecule has 0 bridgehead atoms. The first-order chi connectivity index (χ1) is 4.98. The lowest BCUT2D eigenvalue weighted by Gasteiger charge is -2.26. The minimum absolute atomic E-state index is 0.287. The zero-order valence-corrected chi connectivity index (χ0v) is 7.05. The number of carbonyl (C=O) groups excluding carboxylic acids is 1. The van der Waals surface area contributed by atoms with Crippen molar-refractivity contribution in [1.29, 1.82) is 0 Å². The van der Waals surface area contributed by atoms with E-state index in [-0.39, 0.29) is 11.2 Å². The van der Waals surface area contributed by atoms with Crippen LogP contribution in [0.1, 0.15) is 33.1 Å². The monoisotopic (exact) mass is 154 g/mol. The predicted molar refractivity (Wildman–Crippen MR) is 41.1 cm³/mol. The molecule has 0 radical (unpaired) electrons. The summed E-state index contributed by atoms with van der Waals surface area (Å²) in [6, 6.07) is 0. The van der Waals surface area contributed by atoms with Gasteiger partial charge in [-0.05, 0) is 32.6 Å². The van der Waals surface area contributed by atoms with Crippen LogP contribution in [0.5, 0.6) is 0 Å². The Morgan fingerprint density at radius 1 is 1.64 bits per heavy atom. The summed E-state index contributed by atoms with van der Waals surface area (Å²) in [6.45, 7) is 3.52. The first-order valence-corrected chi connectivity index (χ1v) is 4.24. The minimum atomic E-state index is -0.786. The molecule has 2 aliphatic rings. The maximum Gasteiger partial charge on any atom is 0.142 e. The van der Waals surface area contributed by atoms with Crippen LogP contribution in [0.15, 0.2) is 0 Å². The first-order valence-electron chi connectivity index (χ1n) is 4.24. The normalized spacial score (nSPS) is 42.5. The van der Waals surface area contributed by atoms with Crippen LogP contribution in [0.4, 0.5) is 0 Å². The summed E-state index contributed by atoms with van der Waals surface area (Å²) >= 11 is 0. The van der Waals surface area contributed by atoms with Crippen molar-refractivity contribution < 1.29 is 9.90 Å². The lowest BCUT2D eigenvalue weighted by Crippen LogP contribution is -2.37. The van der Waals surface area contributed by atoms with Gasteiger partial charge in [0.1, 0.15) is 5.78 Å². The largest absolute Gasteiger partial charge is 0.389 e. The van der Waals surface area contributed by atoms with Crippen LogP contribution in [0, 0.1) is 11.3 Å².